The fourth-order valence-corrected chi connectivity index (χ4v) is 3.81. The number of carbonyl (C=O) groups is 3. The number of nitrogens with zero attached hydrogens (tertiary/aromatic N) is 2. The van der Waals surface area contributed by atoms with Crippen molar-refractivity contribution >= 4 is 35.0 Å². The first-order valence-corrected chi connectivity index (χ1v) is 10.4. The van der Waals surface area contributed by atoms with Crippen molar-refractivity contribution in [3.63, 3.8) is 0 Å². The summed E-state index contributed by atoms with van der Waals surface area (Å²) >= 11 is 5.93. The molecule has 2 aromatic carbocycles. The van der Waals surface area contributed by atoms with Crippen LogP contribution in [0.25, 0.3) is 0 Å². The lowest BCUT2D eigenvalue weighted by atomic mass is 10.1. The smallest absolute Gasteiger partial charge is 0.257 e. The van der Waals surface area contributed by atoms with E-state index in [-0.39, 0.29) is 31.2 Å². The van der Waals surface area contributed by atoms with Crippen LogP contribution in [0.2, 0.25) is 5.02 Å². The number of carbonyl (C=O) groups excluding carboxylic acids is 3. The van der Waals surface area contributed by atoms with Crippen molar-refractivity contribution in [3.05, 3.63) is 83.3 Å². The number of imide groups is 1. The molecule has 8 heteroatoms. The highest BCUT2D eigenvalue weighted by atomic mass is 35.5. The molecular weight excluding hydrogens is 432 g/mol. The molecule has 7 nitrogen and oxygen atoms in total. The molecule has 2 heterocycles. The molecule has 0 spiro atoms. The van der Waals surface area contributed by atoms with Gasteiger partial charge in [-0.3, -0.25) is 14.4 Å². The van der Waals surface area contributed by atoms with Gasteiger partial charge in [-0.2, -0.15) is 0 Å². The van der Waals surface area contributed by atoms with Gasteiger partial charge >= 0.3 is 0 Å². The van der Waals surface area contributed by atoms with Crippen molar-refractivity contribution in [1.82, 2.24) is 4.90 Å². The van der Waals surface area contributed by atoms with Gasteiger partial charge in [-0.15, -0.1) is 0 Å². The van der Waals surface area contributed by atoms with E-state index in [1.807, 2.05) is 0 Å². The Morgan fingerprint density at radius 3 is 2.47 bits per heavy atom. The van der Waals surface area contributed by atoms with Gasteiger partial charge < -0.3 is 14.1 Å². The van der Waals surface area contributed by atoms with Crippen LogP contribution in [-0.4, -0.2) is 35.8 Å². The molecule has 1 aliphatic rings. The van der Waals surface area contributed by atoms with E-state index in [1.165, 1.54) is 18.3 Å². The highest BCUT2D eigenvalue weighted by Crippen LogP contribution is 2.28. The SMILES string of the molecule is COc1ccc(N2C(=O)CC(N(Cc3ccco3)C(=O)Cc3ccc(Cl)cc3)C2=O)cc1. The lowest BCUT2D eigenvalue weighted by Gasteiger charge is -2.27. The quantitative estimate of drug-likeness (QED) is 0.509. The van der Waals surface area contributed by atoms with Crippen molar-refractivity contribution in [2.45, 2.75) is 25.4 Å². The van der Waals surface area contributed by atoms with Crippen molar-refractivity contribution in [3.8, 4) is 5.75 Å². The van der Waals surface area contributed by atoms with Crippen LogP contribution in [0.4, 0.5) is 5.69 Å². The molecule has 1 aromatic heterocycles. The van der Waals surface area contributed by atoms with Crippen LogP contribution in [0.15, 0.2) is 71.3 Å². The Balaban J connectivity index is 1.59. The normalized spacial score (nSPS) is 15.8. The summed E-state index contributed by atoms with van der Waals surface area (Å²) in [6, 6.07) is 16.1. The highest BCUT2D eigenvalue weighted by molar-refractivity contribution is 6.30. The molecule has 4 rings (SSSR count). The van der Waals surface area contributed by atoms with Crippen molar-refractivity contribution in [1.29, 1.82) is 0 Å². The van der Waals surface area contributed by atoms with Gasteiger partial charge in [0.15, 0.2) is 0 Å². The van der Waals surface area contributed by atoms with Crippen LogP contribution in [-0.2, 0) is 27.3 Å². The number of amides is 3. The minimum Gasteiger partial charge on any atom is -0.497 e. The molecule has 0 bridgehead atoms. The number of methoxy groups -OCH3 is 1. The largest absolute Gasteiger partial charge is 0.497 e. The van der Waals surface area contributed by atoms with Gasteiger partial charge in [0.05, 0.1) is 38.4 Å². The Morgan fingerprint density at radius 2 is 1.84 bits per heavy atom. The molecule has 0 saturated carbocycles. The zero-order chi connectivity index (χ0) is 22.7. The molecule has 1 saturated heterocycles. The first-order valence-electron chi connectivity index (χ1n) is 10.0. The van der Waals surface area contributed by atoms with E-state index in [4.69, 9.17) is 20.8 Å². The summed E-state index contributed by atoms with van der Waals surface area (Å²) in [6.45, 7) is 0.0829. The van der Waals surface area contributed by atoms with Crippen molar-refractivity contribution in [2.24, 2.45) is 0 Å². The van der Waals surface area contributed by atoms with E-state index in [0.29, 0.717) is 22.2 Å². The summed E-state index contributed by atoms with van der Waals surface area (Å²) in [5, 5.41) is 0.570. The second-order valence-corrected chi connectivity index (χ2v) is 7.83. The minimum atomic E-state index is -0.922. The van der Waals surface area contributed by atoms with Crippen LogP contribution < -0.4 is 9.64 Å². The standard InChI is InChI=1S/C24H21ClN2O5/c1-31-19-10-8-18(9-11-19)27-23(29)14-21(24(27)30)26(15-20-3-2-12-32-20)22(28)13-16-4-6-17(25)7-5-16/h2-12,21H,13-15H2,1H3. The summed E-state index contributed by atoms with van der Waals surface area (Å²) in [7, 11) is 1.54. The number of benzene rings is 2. The summed E-state index contributed by atoms with van der Waals surface area (Å²) in [5.74, 6) is 0.0381. The topological polar surface area (TPSA) is 80.1 Å². The van der Waals surface area contributed by atoms with Gasteiger partial charge in [0, 0.05) is 5.02 Å². The van der Waals surface area contributed by atoms with Crippen LogP contribution in [0.1, 0.15) is 17.7 Å². The van der Waals surface area contributed by atoms with E-state index in [0.717, 1.165) is 10.5 Å². The lowest BCUT2D eigenvalue weighted by molar-refractivity contribution is -0.138. The first-order chi connectivity index (χ1) is 15.5. The number of hydrogen-bond acceptors (Lipinski definition) is 5. The van der Waals surface area contributed by atoms with E-state index < -0.39 is 11.9 Å². The van der Waals surface area contributed by atoms with Crippen LogP contribution in [0.5, 0.6) is 5.75 Å². The van der Waals surface area contributed by atoms with Gasteiger partial charge in [-0.1, -0.05) is 23.7 Å². The monoisotopic (exact) mass is 452 g/mol. The third kappa shape index (κ3) is 4.53. The fourth-order valence-electron chi connectivity index (χ4n) is 3.68. The lowest BCUT2D eigenvalue weighted by Crippen LogP contribution is -2.45. The van der Waals surface area contributed by atoms with Gasteiger partial charge in [0.2, 0.25) is 11.8 Å². The highest BCUT2D eigenvalue weighted by Gasteiger charge is 2.44. The molecule has 0 N–H and O–H groups in total. The van der Waals surface area contributed by atoms with E-state index in [2.05, 4.69) is 0 Å². The molecule has 164 valence electrons. The Hall–Kier alpha value is -3.58. The van der Waals surface area contributed by atoms with Gasteiger partial charge in [0.25, 0.3) is 5.91 Å². The van der Waals surface area contributed by atoms with Crippen LogP contribution in [0.3, 0.4) is 0 Å². The fraction of sp³-hybridized carbons (Fsp3) is 0.208. The summed E-state index contributed by atoms with van der Waals surface area (Å²) in [6.07, 6.45) is 1.47. The molecular formula is C24H21ClN2O5. The average Bonchev–Trinajstić information content (AvgIpc) is 3.41. The predicted molar refractivity (Wildman–Crippen MR) is 118 cm³/mol. The second-order valence-electron chi connectivity index (χ2n) is 7.39. The Labute approximate surface area is 190 Å². The third-order valence-electron chi connectivity index (χ3n) is 5.32. The Morgan fingerprint density at radius 1 is 1.12 bits per heavy atom. The van der Waals surface area contributed by atoms with E-state index in [1.54, 1.807) is 60.7 Å². The molecule has 0 radical (unpaired) electrons. The number of anilines is 1. The molecule has 3 aromatic rings. The predicted octanol–water partition coefficient (Wildman–Crippen LogP) is 3.85. The van der Waals surface area contributed by atoms with Gasteiger partial charge in [0.1, 0.15) is 17.6 Å². The van der Waals surface area contributed by atoms with E-state index in [9.17, 15) is 14.4 Å². The molecule has 32 heavy (non-hydrogen) atoms. The Bertz CT molecular complexity index is 1110. The van der Waals surface area contributed by atoms with Crippen LogP contribution in [0, 0.1) is 0 Å². The molecule has 1 aliphatic heterocycles. The summed E-state index contributed by atoms with van der Waals surface area (Å²) in [4.78, 5) is 41.8. The molecule has 1 atom stereocenters. The number of halogens is 1. The zero-order valence-corrected chi connectivity index (χ0v) is 18.1. The number of hydrogen-bond donors (Lipinski definition) is 0. The molecule has 3 amide bonds. The summed E-state index contributed by atoms with van der Waals surface area (Å²) in [5.41, 5.74) is 1.19. The van der Waals surface area contributed by atoms with E-state index >= 15 is 0 Å². The molecule has 1 fully saturated rings. The maximum absolute atomic E-state index is 13.3. The van der Waals surface area contributed by atoms with Crippen LogP contribution >= 0.6 is 11.6 Å². The van der Waals surface area contributed by atoms with Gasteiger partial charge in [-0.05, 0) is 54.1 Å². The second kappa shape index (κ2) is 9.28. The maximum Gasteiger partial charge on any atom is 0.257 e. The number of furan rings is 1. The average molecular weight is 453 g/mol. The Kier molecular flexibility index (Phi) is 6.28. The number of rotatable bonds is 7. The molecule has 1 unspecified atom stereocenters. The number of ether oxygens (including phenoxy) is 1. The van der Waals surface area contributed by atoms with Crippen molar-refractivity contribution < 1.29 is 23.5 Å². The van der Waals surface area contributed by atoms with Crippen molar-refractivity contribution in [2.75, 3.05) is 12.0 Å². The maximum atomic E-state index is 13.3. The zero-order valence-electron chi connectivity index (χ0n) is 17.4. The third-order valence-corrected chi connectivity index (χ3v) is 5.58. The summed E-state index contributed by atoms with van der Waals surface area (Å²) < 4.78 is 10.5. The van der Waals surface area contributed by atoms with Gasteiger partial charge in [-0.25, -0.2) is 4.90 Å². The first kappa shape index (κ1) is 21.6. The minimum absolute atomic E-state index is 0.0678. The molecule has 0 aliphatic carbocycles.